The molecule has 1 unspecified atom stereocenters. The normalized spacial score (nSPS) is 17.1. The minimum Gasteiger partial charge on any atom is -0.409 e. The van der Waals surface area contributed by atoms with E-state index in [1.807, 2.05) is 20.8 Å². The monoisotopic (exact) mass is 203 g/mol. The average molecular weight is 203 g/mol. The predicted molar refractivity (Wildman–Crippen MR) is 56.3 cm³/mol. The van der Waals surface area contributed by atoms with E-state index in [0.29, 0.717) is 12.5 Å². The van der Waals surface area contributed by atoms with E-state index in [4.69, 9.17) is 16.0 Å². The molecule has 0 aliphatic carbocycles. The maximum absolute atomic E-state index is 9.03. The summed E-state index contributed by atoms with van der Waals surface area (Å²) in [5.41, 5.74) is 5.42. The molecule has 0 bridgehead atoms. The number of hydrogen-bond donors (Lipinski definition) is 4. The summed E-state index contributed by atoms with van der Waals surface area (Å²) in [5.74, 6) is 0.533. The van der Waals surface area contributed by atoms with Gasteiger partial charge in [-0.25, -0.2) is 0 Å². The molecule has 0 spiro atoms. The number of nitrogens with one attached hydrogen (secondary N) is 1. The zero-order chi connectivity index (χ0) is 11.1. The first-order chi connectivity index (χ1) is 6.52. The van der Waals surface area contributed by atoms with Crippen LogP contribution in [0.2, 0.25) is 0 Å². The maximum Gasteiger partial charge on any atom is 0.143 e. The number of amidine groups is 1. The van der Waals surface area contributed by atoms with Gasteiger partial charge in [0.2, 0.25) is 0 Å². The van der Waals surface area contributed by atoms with Crippen molar-refractivity contribution in [3.8, 4) is 0 Å². The fraction of sp³-hybridized carbons (Fsp3) is 0.889. The van der Waals surface area contributed by atoms with Gasteiger partial charge in [-0.3, -0.25) is 0 Å². The summed E-state index contributed by atoms with van der Waals surface area (Å²) >= 11 is 0. The van der Waals surface area contributed by atoms with E-state index < -0.39 is 0 Å². The Morgan fingerprint density at radius 3 is 2.36 bits per heavy atom. The Morgan fingerprint density at radius 2 is 2.00 bits per heavy atom. The van der Waals surface area contributed by atoms with Crippen molar-refractivity contribution in [1.29, 1.82) is 0 Å². The van der Waals surface area contributed by atoms with Gasteiger partial charge in [0.05, 0.1) is 6.61 Å². The fourth-order valence-corrected chi connectivity index (χ4v) is 1.04. The molecule has 0 heterocycles. The SMILES string of the molecule is CC(CN[C@H](CO)C(C)C)C(N)=NO. The Kier molecular flexibility index (Phi) is 6.23. The minimum atomic E-state index is -0.0344. The van der Waals surface area contributed by atoms with Crippen LogP contribution in [0.15, 0.2) is 5.16 Å². The van der Waals surface area contributed by atoms with Crippen LogP contribution in [0.5, 0.6) is 0 Å². The topological polar surface area (TPSA) is 90.9 Å². The molecule has 2 atom stereocenters. The van der Waals surface area contributed by atoms with Gasteiger partial charge < -0.3 is 21.4 Å². The lowest BCUT2D eigenvalue weighted by Gasteiger charge is -2.21. The molecular weight excluding hydrogens is 182 g/mol. The number of rotatable bonds is 6. The summed E-state index contributed by atoms with van der Waals surface area (Å²) in [7, 11) is 0. The number of nitrogens with two attached hydrogens (primary N) is 1. The molecule has 0 saturated carbocycles. The first kappa shape index (κ1) is 13.2. The first-order valence-electron chi connectivity index (χ1n) is 4.84. The maximum atomic E-state index is 9.03. The van der Waals surface area contributed by atoms with Crippen molar-refractivity contribution in [2.75, 3.05) is 13.2 Å². The Balaban J connectivity index is 3.91. The predicted octanol–water partition coefficient (Wildman–Crippen LogP) is -0.0246. The van der Waals surface area contributed by atoms with Crippen LogP contribution in [-0.2, 0) is 0 Å². The summed E-state index contributed by atoms with van der Waals surface area (Å²) in [4.78, 5) is 0. The smallest absolute Gasteiger partial charge is 0.143 e. The fourth-order valence-electron chi connectivity index (χ4n) is 1.04. The molecule has 0 radical (unpaired) electrons. The van der Waals surface area contributed by atoms with Gasteiger partial charge in [0, 0.05) is 18.5 Å². The zero-order valence-corrected chi connectivity index (χ0v) is 9.07. The van der Waals surface area contributed by atoms with Gasteiger partial charge in [0.25, 0.3) is 0 Å². The molecule has 84 valence electrons. The second-order valence-corrected chi connectivity index (χ2v) is 3.87. The molecule has 5 heteroatoms. The Hall–Kier alpha value is -0.810. The van der Waals surface area contributed by atoms with Gasteiger partial charge in [0.1, 0.15) is 5.84 Å². The molecule has 5 N–H and O–H groups in total. The third kappa shape index (κ3) is 4.43. The average Bonchev–Trinajstić information content (AvgIpc) is 2.16. The van der Waals surface area contributed by atoms with Gasteiger partial charge in [-0.2, -0.15) is 0 Å². The molecule has 0 aromatic rings. The molecule has 0 fully saturated rings. The van der Waals surface area contributed by atoms with Crippen molar-refractivity contribution in [3.63, 3.8) is 0 Å². The van der Waals surface area contributed by atoms with Gasteiger partial charge in [0.15, 0.2) is 0 Å². The van der Waals surface area contributed by atoms with Crippen molar-refractivity contribution >= 4 is 5.84 Å². The quantitative estimate of drug-likeness (QED) is 0.211. The van der Waals surface area contributed by atoms with Crippen LogP contribution < -0.4 is 11.1 Å². The van der Waals surface area contributed by atoms with Crippen LogP contribution in [0.25, 0.3) is 0 Å². The van der Waals surface area contributed by atoms with E-state index >= 15 is 0 Å². The number of oxime groups is 1. The molecule has 0 aliphatic rings. The van der Waals surface area contributed by atoms with Crippen molar-refractivity contribution < 1.29 is 10.3 Å². The Labute approximate surface area is 85.0 Å². The van der Waals surface area contributed by atoms with Gasteiger partial charge in [-0.05, 0) is 5.92 Å². The number of hydrogen-bond acceptors (Lipinski definition) is 4. The highest BCUT2D eigenvalue weighted by atomic mass is 16.4. The second kappa shape index (κ2) is 6.62. The van der Waals surface area contributed by atoms with E-state index in [1.165, 1.54) is 0 Å². The van der Waals surface area contributed by atoms with E-state index in [1.54, 1.807) is 0 Å². The largest absolute Gasteiger partial charge is 0.409 e. The number of nitrogens with zero attached hydrogens (tertiary/aromatic N) is 1. The molecule has 0 amide bonds. The summed E-state index contributed by atoms with van der Waals surface area (Å²) < 4.78 is 0. The van der Waals surface area contributed by atoms with Crippen molar-refractivity contribution in [2.24, 2.45) is 22.7 Å². The van der Waals surface area contributed by atoms with Crippen LogP contribution in [-0.4, -0.2) is 35.3 Å². The minimum absolute atomic E-state index is 0.0344. The molecule has 5 nitrogen and oxygen atoms in total. The number of aliphatic hydroxyl groups is 1. The lowest BCUT2D eigenvalue weighted by molar-refractivity contribution is 0.209. The highest BCUT2D eigenvalue weighted by molar-refractivity contribution is 5.82. The van der Waals surface area contributed by atoms with Crippen LogP contribution in [0.1, 0.15) is 20.8 Å². The summed E-state index contributed by atoms with van der Waals surface area (Å²) in [6.07, 6.45) is 0. The van der Waals surface area contributed by atoms with E-state index in [9.17, 15) is 0 Å². The lowest BCUT2D eigenvalue weighted by Crippen LogP contribution is -2.41. The third-order valence-corrected chi connectivity index (χ3v) is 2.31. The Bertz CT molecular complexity index is 183. The first-order valence-corrected chi connectivity index (χ1v) is 4.84. The van der Waals surface area contributed by atoms with E-state index in [-0.39, 0.29) is 24.4 Å². The van der Waals surface area contributed by atoms with Crippen LogP contribution in [0.4, 0.5) is 0 Å². The van der Waals surface area contributed by atoms with Gasteiger partial charge >= 0.3 is 0 Å². The second-order valence-electron chi connectivity index (χ2n) is 3.87. The van der Waals surface area contributed by atoms with Crippen LogP contribution >= 0.6 is 0 Å². The molecular formula is C9H21N3O2. The molecule has 0 aromatic carbocycles. The van der Waals surface area contributed by atoms with Crippen LogP contribution in [0, 0.1) is 11.8 Å². The summed E-state index contributed by atoms with van der Waals surface area (Å²) in [5, 5.41) is 23.5. The third-order valence-electron chi connectivity index (χ3n) is 2.31. The molecule has 0 saturated heterocycles. The highest BCUT2D eigenvalue weighted by Crippen LogP contribution is 2.01. The van der Waals surface area contributed by atoms with Crippen molar-refractivity contribution in [3.05, 3.63) is 0 Å². The molecule has 0 aliphatic heterocycles. The zero-order valence-electron chi connectivity index (χ0n) is 9.07. The highest BCUT2D eigenvalue weighted by Gasteiger charge is 2.14. The molecule has 14 heavy (non-hydrogen) atoms. The van der Waals surface area contributed by atoms with E-state index in [2.05, 4.69) is 10.5 Å². The standard InChI is InChI=1S/C9H21N3O2/c1-6(2)8(5-13)11-4-7(3)9(10)12-14/h6-8,11,13-14H,4-5H2,1-3H3,(H2,10,12)/t7?,8-/m1/s1. The van der Waals surface area contributed by atoms with Gasteiger partial charge in [-0.1, -0.05) is 25.9 Å². The lowest BCUT2D eigenvalue weighted by atomic mass is 10.0. The molecule has 0 aromatic heterocycles. The summed E-state index contributed by atoms with van der Waals surface area (Å²) in [6, 6.07) is 0.0592. The summed E-state index contributed by atoms with van der Waals surface area (Å²) in [6.45, 7) is 6.61. The number of aliphatic hydroxyl groups excluding tert-OH is 1. The van der Waals surface area contributed by atoms with Crippen LogP contribution in [0.3, 0.4) is 0 Å². The van der Waals surface area contributed by atoms with Crippen molar-refractivity contribution in [1.82, 2.24) is 5.32 Å². The van der Waals surface area contributed by atoms with Crippen molar-refractivity contribution in [2.45, 2.75) is 26.8 Å². The van der Waals surface area contributed by atoms with E-state index in [0.717, 1.165) is 0 Å². The van der Waals surface area contributed by atoms with Gasteiger partial charge in [-0.15, -0.1) is 0 Å². The molecule has 0 rings (SSSR count). The Morgan fingerprint density at radius 1 is 1.43 bits per heavy atom.